The Morgan fingerprint density at radius 1 is 1.20 bits per heavy atom. The molecule has 30 heavy (non-hydrogen) atoms. The maximum atomic E-state index is 13.9. The first-order valence-corrected chi connectivity index (χ1v) is 9.19. The molecule has 0 aliphatic carbocycles. The molecule has 0 bridgehead atoms. The van der Waals surface area contributed by atoms with E-state index >= 15 is 0 Å². The van der Waals surface area contributed by atoms with Crippen molar-refractivity contribution in [1.82, 2.24) is 4.57 Å². The van der Waals surface area contributed by atoms with Crippen molar-refractivity contribution in [1.29, 1.82) is 0 Å². The second-order valence-corrected chi connectivity index (χ2v) is 6.87. The third kappa shape index (κ3) is 3.26. The van der Waals surface area contributed by atoms with E-state index in [2.05, 4.69) is 5.32 Å². The molecule has 0 spiro atoms. The minimum Gasteiger partial charge on any atom is -0.497 e. The number of rotatable bonds is 5. The topological polar surface area (TPSA) is 89.8 Å². The van der Waals surface area contributed by atoms with Crippen LogP contribution < -0.4 is 14.8 Å². The standard InChI is InChI=1S/C22H19FN2O5/c1-29-14-6-7-15(18(9-14)30-2)16-10-19(26)24-20-17(22(27)28)11-25(21(16)20)13-5-3-4-12(23)8-13/h3-9,11,16H,10H2,1-2H3,(H,24,26)(H,27,28)/t16-/m0/s1. The molecule has 1 aliphatic rings. The highest BCUT2D eigenvalue weighted by Gasteiger charge is 2.35. The molecule has 154 valence electrons. The molecule has 0 saturated carbocycles. The monoisotopic (exact) mass is 410 g/mol. The molecule has 2 N–H and O–H groups in total. The summed E-state index contributed by atoms with van der Waals surface area (Å²) >= 11 is 0. The van der Waals surface area contributed by atoms with E-state index in [1.54, 1.807) is 34.9 Å². The SMILES string of the molecule is COc1ccc([C@@H]2CC(=O)Nc3c(C(=O)O)cn(-c4cccc(F)c4)c32)c(OC)c1. The summed E-state index contributed by atoms with van der Waals surface area (Å²) in [4.78, 5) is 24.3. The number of carbonyl (C=O) groups excluding carboxylic acids is 1. The van der Waals surface area contributed by atoms with E-state index < -0.39 is 17.7 Å². The van der Waals surface area contributed by atoms with Crippen molar-refractivity contribution in [2.24, 2.45) is 0 Å². The van der Waals surface area contributed by atoms with E-state index in [1.807, 2.05) is 0 Å². The molecule has 0 radical (unpaired) electrons. The van der Waals surface area contributed by atoms with Gasteiger partial charge in [-0.1, -0.05) is 12.1 Å². The first-order valence-electron chi connectivity index (χ1n) is 9.19. The van der Waals surface area contributed by atoms with Crippen LogP contribution in [0.4, 0.5) is 10.1 Å². The van der Waals surface area contributed by atoms with Crippen molar-refractivity contribution in [2.75, 3.05) is 19.5 Å². The summed E-state index contributed by atoms with van der Waals surface area (Å²) in [7, 11) is 3.05. The third-order valence-electron chi connectivity index (χ3n) is 5.16. The number of nitrogens with zero attached hydrogens (tertiary/aromatic N) is 1. The smallest absolute Gasteiger partial charge is 0.339 e. The van der Waals surface area contributed by atoms with Crippen LogP contribution in [0.1, 0.15) is 34.0 Å². The molecule has 0 fully saturated rings. The molecule has 0 saturated heterocycles. The van der Waals surface area contributed by atoms with Crippen molar-refractivity contribution in [3.05, 3.63) is 71.3 Å². The first kappa shape index (κ1) is 19.5. The van der Waals surface area contributed by atoms with Crippen molar-refractivity contribution >= 4 is 17.6 Å². The average molecular weight is 410 g/mol. The Balaban J connectivity index is 1.98. The van der Waals surface area contributed by atoms with Gasteiger partial charge in [0.1, 0.15) is 22.9 Å². The van der Waals surface area contributed by atoms with Crippen LogP contribution in [0.25, 0.3) is 5.69 Å². The number of hydrogen-bond acceptors (Lipinski definition) is 4. The highest BCUT2D eigenvalue weighted by molar-refractivity contribution is 6.04. The number of hydrogen-bond donors (Lipinski definition) is 2. The van der Waals surface area contributed by atoms with Crippen molar-refractivity contribution < 1.29 is 28.6 Å². The number of carboxylic acids is 1. The lowest BCUT2D eigenvalue weighted by Gasteiger charge is -2.27. The van der Waals surface area contributed by atoms with E-state index in [0.717, 1.165) is 0 Å². The lowest BCUT2D eigenvalue weighted by Crippen LogP contribution is -2.25. The first-order chi connectivity index (χ1) is 14.4. The zero-order chi connectivity index (χ0) is 21.4. The molecule has 1 aromatic heterocycles. The van der Waals surface area contributed by atoms with Gasteiger partial charge in [-0.15, -0.1) is 0 Å². The fourth-order valence-electron chi connectivity index (χ4n) is 3.83. The molecular formula is C22H19FN2O5. The molecule has 7 nitrogen and oxygen atoms in total. The van der Waals surface area contributed by atoms with Crippen LogP contribution in [0.15, 0.2) is 48.7 Å². The molecule has 1 atom stereocenters. The summed E-state index contributed by atoms with van der Waals surface area (Å²) in [5, 5.41) is 12.4. The van der Waals surface area contributed by atoms with Crippen LogP contribution in [-0.4, -0.2) is 35.8 Å². The van der Waals surface area contributed by atoms with Crippen LogP contribution >= 0.6 is 0 Å². The molecule has 1 aliphatic heterocycles. The van der Waals surface area contributed by atoms with Gasteiger partial charge < -0.3 is 24.5 Å². The van der Waals surface area contributed by atoms with Crippen molar-refractivity contribution in [3.8, 4) is 17.2 Å². The van der Waals surface area contributed by atoms with Crippen LogP contribution in [-0.2, 0) is 4.79 Å². The Kier molecular flexibility index (Phi) is 4.91. The molecule has 4 rings (SSSR count). The summed E-state index contributed by atoms with van der Waals surface area (Å²) in [5.74, 6) is -1.38. The van der Waals surface area contributed by atoms with Crippen LogP contribution in [0, 0.1) is 5.82 Å². The van der Waals surface area contributed by atoms with E-state index in [0.29, 0.717) is 28.4 Å². The summed E-state index contributed by atoms with van der Waals surface area (Å²) in [5.41, 5.74) is 1.82. The van der Waals surface area contributed by atoms with Gasteiger partial charge in [0.05, 0.1) is 25.6 Å². The minimum atomic E-state index is -1.19. The quantitative estimate of drug-likeness (QED) is 0.668. The largest absolute Gasteiger partial charge is 0.497 e. The number of benzene rings is 2. The number of methoxy groups -OCH3 is 2. The number of anilines is 1. The number of carboxylic acid groups (broad SMARTS) is 1. The molecule has 2 aromatic carbocycles. The number of fused-ring (bicyclic) bond motifs is 1. The van der Waals surface area contributed by atoms with Gasteiger partial charge in [-0.3, -0.25) is 4.79 Å². The van der Waals surface area contributed by atoms with E-state index in [1.165, 1.54) is 32.5 Å². The predicted molar refractivity (Wildman–Crippen MR) is 107 cm³/mol. The van der Waals surface area contributed by atoms with Gasteiger partial charge in [-0.25, -0.2) is 9.18 Å². The van der Waals surface area contributed by atoms with Crippen LogP contribution in [0.3, 0.4) is 0 Å². The lowest BCUT2D eigenvalue weighted by atomic mass is 9.87. The van der Waals surface area contributed by atoms with Gasteiger partial charge in [0.15, 0.2) is 0 Å². The van der Waals surface area contributed by atoms with Gasteiger partial charge in [-0.2, -0.15) is 0 Å². The normalized spacial score (nSPS) is 15.3. The van der Waals surface area contributed by atoms with Crippen LogP contribution in [0.5, 0.6) is 11.5 Å². The average Bonchev–Trinajstić information content (AvgIpc) is 3.12. The molecular weight excluding hydrogens is 391 g/mol. The van der Waals surface area contributed by atoms with Gasteiger partial charge in [-0.05, 0) is 24.3 Å². The number of aromatic carboxylic acids is 1. The summed E-state index contributed by atoms with van der Waals surface area (Å²) in [6.45, 7) is 0. The Morgan fingerprint density at radius 2 is 2.00 bits per heavy atom. The highest BCUT2D eigenvalue weighted by Crippen LogP contribution is 2.44. The molecule has 0 unspecified atom stereocenters. The van der Waals surface area contributed by atoms with Gasteiger partial charge in [0.2, 0.25) is 5.91 Å². The lowest BCUT2D eigenvalue weighted by molar-refractivity contribution is -0.116. The van der Waals surface area contributed by atoms with Crippen molar-refractivity contribution in [3.63, 3.8) is 0 Å². The Hall–Kier alpha value is -3.81. The number of nitrogens with one attached hydrogen (secondary N) is 1. The van der Waals surface area contributed by atoms with Crippen molar-refractivity contribution in [2.45, 2.75) is 12.3 Å². The Morgan fingerprint density at radius 3 is 2.67 bits per heavy atom. The molecule has 1 amide bonds. The van der Waals surface area contributed by atoms with Crippen LogP contribution in [0.2, 0.25) is 0 Å². The number of halogens is 1. The molecule has 8 heteroatoms. The Labute approximate surface area is 171 Å². The second-order valence-electron chi connectivity index (χ2n) is 6.87. The number of ether oxygens (including phenoxy) is 2. The Bertz CT molecular complexity index is 1150. The zero-order valence-electron chi connectivity index (χ0n) is 16.3. The fraction of sp³-hybridized carbons (Fsp3) is 0.182. The predicted octanol–water partition coefficient (Wildman–Crippen LogP) is 3.81. The number of amides is 1. The third-order valence-corrected chi connectivity index (χ3v) is 5.16. The maximum Gasteiger partial charge on any atom is 0.339 e. The van der Waals surface area contributed by atoms with E-state index in [-0.39, 0.29) is 23.6 Å². The second kappa shape index (κ2) is 7.55. The summed E-state index contributed by atoms with van der Waals surface area (Å²) in [6, 6.07) is 11.1. The highest BCUT2D eigenvalue weighted by atomic mass is 19.1. The fourth-order valence-corrected chi connectivity index (χ4v) is 3.83. The summed E-state index contributed by atoms with van der Waals surface area (Å²) < 4.78 is 26.3. The maximum absolute atomic E-state index is 13.9. The van der Waals surface area contributed by atoms with Gasteiger partial charge in [0.25, 0.3) is 0 Å². The van der Waals surface area contributed by atoms with Gasteiger partial charge in [0, 0.05) is 35.9 Å². The zero-order valence-corrected chi connectivity index (χ0v) is 16.3. The summed E-state index contributed by atoms with van der Waals surface area (Å²) in [6.07, 6.45) is 1.48. The molecule has 2 heterocycles. The number of carbonyl (C=O) groups is 2. The van der Waals surface area contributed by atoms with E-state index in [9.17, 15) is 19.1 Å². The van der Waals surface area contributed by atoms with Gasteiger partial charge >= 0.3 is 5.97 Å². The molecule has 3 aromatic rings. The number of aromatic nitrogens is 1. The minimum absolute atomic E-state index is 0.0696. The van der Waals surface area contributed by atoms with E-state index in [4.69, 9.17) is 9.47 Å².